The topological polar surface area (TPSA) is 38.7 Å². The Balaban J connectivity index is 3.21. The van der Waals surface area contributed by atoms with Crippen LogP contribution in [0.1, 0.15) is 45.4 Å². The van der Waals surface area contributed by atoms with Crippen molar-refractivity contribution in [1.82, 2.24) is 0 Å². The van der Waals surface area contributed by atoms with Crippen molar-refractivity contribution in [3.8, 4) is 0 Å². The van der Waals surface area contributed by atoms with Gasteiger partial charge in [-0.1, -0.05) is 47.8 Å². The standard InChI is InChI=1S/C12H24BrO3P/c1-2-3-4-5-6-8-11-15-17(14)16-12-9-7-10-13/h5-6,14H,2-4,7-12H2,1H3/b6-5-. The van der Waals surface area contributed by atoms with Gasteiger partial charge in [-0.05, 0) is 25.7 Å². The number of halogens is 1. The summed E-state index contributed by atoms with van der Waals surface area (Å²) in [4.78, 5) is 9.37. The Bertz CT molecular complexity index is 179. The second-order valence-electron chi connectivity index (χ2n) is 3.70. The highest BCUT2D eigenvalue weighted by molar-refractivity contribution is 9.09. The monoisotopic (exact) mass is 326 g/mol. The molecule has 0 fully saturated rings. The van der Waals surface area contributed by atoms with Crippen molar-refractivity contribution in [2.24, 2.45) is 0 Å². The molecule has 17 heavy (non-hydrogen) atoms. The lowest BCUT2D eigenvalue weighted by molar-refractivity contribution is 0.200. The van der Waals surface area contributed by atoms with E-state index < -0.39 is 8.60 Å². The van der Waals surface area contributed by atoms with Crippen LogP contribution in [-0.4, -0.2) is 23.4 Å². The van der Waals surface area contributed by atoms with E-state index in [0.29, 0.717) is 13.2 Å². The van der Waals surface area contributed by atoms with E-state index in [9.17, 15) is 4.89 Å². The van der Waals surface area contributed by atoms with Crippen LogP contribution < -0.4 is 0 Å². The highest BCUT2D eigenvalue weighted by Gasteiger charge is 2.04. The predicted molar refractivity (Wildman–Crippen MR) is 77.4 cm³/mol. The Morgan fingerprint density at radius 2 is 1.76 bits per heavy atom. The third-order valence-electron chi connectivity index (χ3n) is 2.11. The van der Waals surface area contributed by atoms with E-state index in [0.717, 1.165) is 31.0 Å². The fraction of sp³-hybridized carbons (Fsp3) is 0.833. The van der Waals surface area contributed by atoms with Gasteiger partial charge >= 0.3 is 8.60 Å². The predicted octanol–water partition coefficient (Wildman–Crippen LogP) is 4.55. The highest BCUT2D eigenvalue weighted by Crippen LogP contribution is 2.32. The van der Waals surface area contributed by atoms with Gasteiger partial charge in [0.2, 0.25) is 0 Å². The largest absolute Gasteiger partial charge is 0.329 e. The molecule has 0 aliphatic heterocycles. The van der Waals surface area contributed by atoms with Gasteiger partial charge in [0.1, 0.15) is 0 Å². The van der Waals surface area contributed by atoms with Crippen molar-refractivity contribution in [2.75, 3.05) is 18.5 Å². The van der Waals surface area contributed by atoms with Gasteiger partial charge in [0, 0.05) is 5.33 Å². The molecule has 0 heterocycles. The van der Waals surface area contributed by atoms with Crippen molar-refractivity contribution >= 4 is 24.5 Å². The highest BCUT2D eigenvalue weighted by atomic mass is 79.9. The van der Waals surface area contributed by atoms with E-state index in [1.807, 2.05) is 0 Å². The van der Waals surface area contributed by atoms with Crippen molar-refractivity contribution in [2.45, 2.75) is 45.4 Å². The molecule has 1 N–H and O–H groups in total. The lowest BCUT2D eigenvalue weighted by atomic mass is 10.2. The second kappa shape index (κ2) is 14.6. The van der Waals surface area contributed by atoms with Gasteiger partial charge in [-0.25, -0.2) is 0 Å². The van der Waals surface area contributed by atoms with Crippen LogP contribution in [0.3, 0.4) is 0 Å². The molecule has 1 atom stereocenters. The van der Waals surface area contributed by atoms with E-state index in [2.05, 4.69) is 35.0 Å². The molecular formula is C12H24BrO3P. The maximum absolute atomic E-state index is 9.37. The summed E-state index contributed by atoms with van der Waals surface area (Å²) in [5.41, 5.74) is 0. The first-order chi connectivity index (χ1) is 8.31. The first kappa shape index (κ1) is 17.5. The molecule has 5 heteroatoms. The van der Waals surface area contributed by atoms with Crippen molar-refractivity contribution in [1.29, 1.82) is 0 Å². The second-order valence-corrected chi connectivity index (χ2v) is 5.49. The number of rotatable bonds is 12. The minimum absolute atomic E-state index is 0.531. The van der Waals surface area contributed by atoms with Crippen LogP contribution in [0.25, 0.3) is 0 Å². The molecule has 0 radical (unpaired) electrons. The smallest absolute Gasteiger partial charge is 0.328 e. The van der Waals surface area contributed by atoms with Crippen LogP contribution >= 0.6 is 24.5 Å². The summed E-state index contributed by atoms with van der Waals surface area (Å²) in [5, 5.41) is 0.975. The summed E-state index contributed by atoms with van der Waals surface area (Å²) in [6.07, 6.45) is 10.7. The SMILES string of the molecule is CCCC/C=C\CCOP(O)OCCCCBr. The first-order valence-electron chi connectivity index (χ1n) is 6.27. The molecule has 0 aromatic heterocycles. The van der Waals surface area contributed by atoms with Gasteiger partial charge in [-0.2, -0.15) is 0 Å². The zero-order chi connectivity index (χ0) is 12.8. The van der Waals surface area contributed by atoms with Crippen molar-refractivity contribution in [3.05, 3.63) is 12.2 Å². The molecule has 0 aromatic rings. The van der Waals surface area contributed by atoms with E-state index in [1.165, 1.54) is 12.8 Å². The minimum Gasteiger partial charge on any atom is -0.328 e. The van der Waals surface area contributed by atoms with E-state index in [1.54, 1.807) is 0 Å². The van der Waals surface area contributed by atoms with Crippen molar-refractivity contribution < 1.29 is 13.9 Å². The zero-order valence-electron chi connectivity index (χ0n) is 10.6. The summed E-state index contributed by atoms with van der Waals surface area (Å²) in [7, 11) is -1.67. The van der Waals surface area contributed by atoms with Gasteiger partial charge in [-0.15, -0.1) is 0 Å². The van der Waals surface area contributed by atoms with Crippen LogP contribution in [0.15, 0.2) is 12.2 Å². The van der Waals surface area contributed by atoms with Gasteiger partial charge in [-0.3, -0.25) is 0 Å². The molecule has 102 valence electrons. The van der Waals surface area contributed by atoms with Crippen LogP contribution in [-0.2, 0) is 9.05 Å². The van der Waals surface area contributed by atoms with Crippen molar-refractivity contribution in [3.63, 3.8) is 0 Å². The quantitative estimate of drug-likeness (QED) is 0.247. The lowest BCUT2D eigenvalue weighted by Gasteiger charge is -2.09. The molecule has 0 amide bonds. The fourth-order valence-electron chi connectivity index (χ4n) is 1.13. The molecular weight excluding hydrogens is 303 g/mol. The summed E-state index contributed by atoms with van der Waals surface area (Å²) < 4.78 is 10.3. The van der Waals surface area contributed by atoms with Gasteiger partial charge in [0.25, 0.3) is 0 Å². The summed E-state index contributed by atoms with van der Waals surface area (Å²) in [5.74, 6) is 0. The molecule has 0 aromatic carbocycles. The van der Waals surface area contributed by atoms with Gasteiger partial charge in [0.15, 0.2) is 0 Å². The van der Waals surface area contributed by atoms with Crippen LogP contribution in [0.5, 0.6) is 0 Å². The summed E-state index contributed by atoms with van der Waals surface area (Å²) in [6.45, 7) is 3.28. The van der Waals surface area contributed by atoms with E-state index >= 15 is 0 Å². The average Bonchev–Trinajstić information content (AvgIpc) is 2.33. The fourth-order valence-corrected chi connectivity index (χ4v) is 2.15. The summed E-state index contributed by atoms with van der Waals surface area (Å²) >= 11 is 3.34. The first-order valence-corrected chi connectivity index (χ1v) is 8.52. The molecule has 3 nitrogen and oxygen atoms in total. The lowest BCUT2D eigenvalue weighted by Crippen LogP contribution is -1.94. The molecule has 0 aliphatic rings. The molecule has 0 spiro atoms. The molecule has 0 saturated carbocycles. The molecule has 1 unspecified atom stereocenters. The summed E-state index contributed by atoms with van der Waals surface area (Å²) in [6, 6.07) is 0. The number of unbranched alkanes of at least 4 members (excludes halogenated alkanes) is 3. The molecule has 0 rings (SSSR count). The van der Waals surface area contributed by atoms with Crippen LogP contribution in [0.2, 0.25) is 0 Å². The van der Waals surface area contributed by atoms with Gasteiger partial charge in [0.05, 0.1) is 13.2 Å². The Kier molecular flexibility index (Phi) is 15.0. The van der Waals surface area contributed by atoms with E-state index in [4.69, 9.17) is 9.05 Å². The third-order valence-corrected chi connectivity index (χ3v) is 3.47. The maximum atomic E-state index is 9.37. The number of allylic oxidation sites excluding steroid dienone is 1. The van der Waals surface area contributed by atoms with Crippen LogP contribution in [0, 0.1) is 0 Å². The Hall–Kier alpha value is 0.530. The average molecular weight is 327 g/mol. The molecule has 0 aliphatic carbocycles. The Morgan fingerprint density at radius 3 is 2.47 bits per heavy atom. The van der Waals surface area contributed by atoms with Gasteiger partial charge < -0.3 is 13.9 Å². The number of hydrogen-bond donors (Lipinski definition) is 1. The Morgan fingerprint density at radius 1 is 1.06 bits per heavy atom. The molecule has 0 bridgehead atoms. The number of hydrogen-bond acceptors (Lipinski definition) is 3. The van der Waals surface area contributed by atoms with E-state index in [-0.39, 0.29) is 0 Å². The normalized spacial score (nSPS) is 13.4. The minimum atomic E-state index is -1.67. The van der Waals surface area contributed by atoms with Crippen LogP contribution in [0.4, 0.5) is 0 Å². The maximum Gasteiger partial charge on any atom is 0.329 e. The molecule has 0 saturated heterocycles. The Labute approximate surface area is 115 Å². The number of alkyl halides is 1. The zero-order valence-corrected chi connectivity index (χ0v) is 13.1. The third kappa shape index (κ3) is 14.5.